The minimum absolute atomic E-state index is 0.119. The number of aromatic nitrogens is 1. The fourth-order valence-electron chi connectivity index (χ4n) is 5.46. The lowest BCUT2D eigenvalue weighted by Gasteiger charge is -2.62. The van der Waals surface area contributed by atoms with Gasteiger partial charge in [-0.25, -0.2) is 22.9 Å². The van der Waals surface area contributed by atoms with Gasteiger partial charge in [0.15, 0.2) is 0 Å². The first-order valence-corrected chi connectivity index (χ1v) is 16.7. The average molecular weight is 600 g/mol. The highest BCUT2D eigenvalue weighted by atomic mass is 79.9. The standard InChI is InChI=1S/C22H34BrF3N4O3SSi/c1-7-35(8-2,9-3)13-10-15(23)28-17(16(13)24)21(6)14-11-22(25,26)12-27-34(14,33)20(4,5)18(30-21)29-19(31)32/h10,14,27,33H,7-9,11-12H2,1-6H3,(H,29,30)(H,31,32)/t14-,21+/m1/s1. The van der Waals surface area contributed by atoms with Gasteiger partial charge < -0.3 is 9.66 Å². The van der Waals surface area contributed by atoms with Gasteiger partial charge in [0.25, 0.3) is 5.92 Å². The number of alkyl halides is 2. The number of hydrogen-bond donors (Lipinski definition) is 4. The number of carbonyl (C=O) groups is 1. The van der Waals surface area contributed by atoms with Crippen LogP contribution in [0.2, 0.25) is 18.1 Å². The summed E-state index contributed by atoms with van der Waals surface area (Å²) in [5.41, 5.74) is -1.92. The molecule has 1 saturated heterocycles. The first-order valence-electron chi connectivity index (χ1n) is 11.7. The number of amidine groups is 1. The van der Waals surface area contributed by atoms with E-state index in [1.807, 2.05) is 20.8 Å². The smallest absolute Gasteiger partial charge is 0.410 e. The molecule has 0 radical (unpaired) electrons. The molecule has 13 heteroatoms. The van der Waals surface area contributed by atoms with Gasteiger partial charge in [0.1, 0.15) is 27.5 Å². The molecule has 35 heavy (non-hydrogen) atoms. The van der Waals surface area contributed by atoms with Crippen LogP contribution in [-0.2, 0) is 5.54 Å². The first-order chi connectivity index (χ1) is 16.0. The van der Waals surface area contributed by atoms with Crippen molar-refractivity contribution >= 4 is 51.6 Å². The summed E-state index contributed by atoms with van der Waals surface area (Å²) in [6, 6.07) is 4.02. The minimum Gasteiger partial charge on any atom is -0.465 e. The average Bonchev–Trinajstić information content (AvgIpc) is 2.77. The third-order valence-corrected chi connectivity index (χ3v) is 17.8. The fourth-order valence-corrected chi connectivity index (χ4v) is 13.2. The van der Waals surface area contributed by atoms with Crippen LogP contribution in [0.25, 0.3) is 0 Å². The number of fused-ring (bicyclic) bond motifs is 1. The Morgan fingerprint density at radius 2 is 1.86 bits per heavy atom. The molecular formula is C22H34BrF3N4O3SSi. The second kappa shape index (κ2) is 9.30. The van der Waals surface area contributed by atoms with Crippen LogP contribution in [0.15, 0.2) is 15.7 Å². The van der Waals surface area contributed by atoms with Crippen molar-refractivity contribution in [2.75, 3.05) is 6.54 Å². The number of pyridine rings is 1. The number of halogens is 4. The SMILES string of the molecule is CC[Si](CC)(CC)c1cc(Br)nc([C@@]2(C)N=C(NC(=O)O)C(C)(C)S3(O)NCC(F)(F)C[C@H]23)c1F. The van der Waals surface area contributed by atoms with Crippen molar-refractivity contribution in [3.8, 4) is 0 Å². The highest BCUT2D eigenvalue weighted by Gasteiger charge is 2.65. The van der Waals surface area contributed by atoms with Crippen LogP contribution in [0, 0.1) is 5.82 Å². The zero-order valence-electron chi connectivity index (χ0n) is 20.8. The molecule has 0 saturated carbocycles. The second-order valence-corrected chi connectivity index (χ2v) is 19.2. The van der Waals surface area contributed by atoms with Crippen LogP contribution in [0.1, 0.15) is 53.7 Å². The number of hydrogen-bond acceptors (Lipinski definition) is 5. The van der Waals surface area contributed by atoms with E-state index in [0.717, 1.165) is 18.1 Å². The summed E-state index contributed by atoms with van der Waals surface area (Å²) < 4.78 is 59.5. The van der Waals surface area contributed by atoms with E-state index in [0.29, 0.717) is 9.79 Å². The molecule has 1 unspecified atom stereocenters. The zero-order valence-corrected chi connectivity index (χ0v) is 24.2. The molecule has 1 aromatic heterocycles. The van der Waals surface area contributed by atoms with E-state index in [2.05, 4.69) is 35.9 Å². The van der Waals surface area contributed by atoms with E-state index in [4.69, 9.17) is 0 Å². The molecule has 7 nitrogen and oxygen atoms in total. The third kappa shape index (κ3) is 4.45. The fraction of sp³-hybridized carbons (Fsp3) is 0.682. The van der Waals surface area contributed by atoms with Crippen LogP contribution in [0.4, 0.5) is 18.0 Å². The highest BCUT2D eigenvalue weighted by Crippen LogP contribution is 2.68. The van der Waals surface area contributed by atoms with Gasteiger partial charge in [-0.15, -0.1) is 0 Å². The summed E-state index contributed by atoms with van der Waals surface area (Å²) in [7, 11) is -5.46. The predicted molar refractivity (Wildman–Crippen MR) is 140 cm³/mol. The van der Waals surface area contributed by atoms with Crippen LogP contribution in [0.3, 0.4) is 0 Å². The largest absolute Gasteiger partial charge is 0.465 e. The second-order valence-electron chi connectivity index (χ2n) is 10.0. The van der Waals surface area contributed by atoms with Gasteiger partial charge in [0, 0.05) is 6.42 Å². The third-order valence-electron chi connectivity index (χ3n) is 8.00. The van der Waals surface area contributed by atoms with Gasteiger partial charge in [-0.05, 0) is 48.0 Å². The van der Waals surface area contributed by atoms with Crippen molar-refractivity contribution in [3.05, 3.63) is 22.2 Å². The maximum atomic E-state index is 16.5. The molecule has 0 aliphatic carbocycles. The van der Waals surface area contributed by atoms with Crippen LogP contribution >= 0.6 is 26.4 Å². The summed E-state index contributed by atoms with van der Waals surface area (Å²) >= 11 is 3.39. The monoisotopic (exact) mass is 598 g/mol. The number of nitrogens with zero attached hydrogens (tertiary/aromatic N) is 2. The van der Waals surface area contributed by atoms with Crippen molar-refractivity contribution in [2.45, 2.75) is 87.6 Å². The van der Waals surface area contributed by atoms with Gasteiger partial charge in [-0.2, -0.15) is 0 Å². The van der Waals surface area contributed by atoms with Gasteiger partial charge in [-0.1, -0.05) is 49.4 Å². The van der Waals surface area contributed by atoms with Crippen molar-refractivity contribution in [2.24, 2.45) is 4.99 Å². The summed E-state index contributed by atoms with van der Waals surface area (Å²) in [6.45, 7) is 9.88. The molecule has 3 atom stereocenters. The summed E-state index contributed by atoms with van der Waals surface area (Å²) in [5.74, 6) is -3.90. The normalized spacial score (nSPS) is 31.6. The lowest BCUT2D eigenvalue weighted by Crippen LogP contribution is -2.66. The Kier molecular flexibility index (Phi) is 7.55. The molecule has 3 heterocycles. The van der Waals surface area contributed by atoms with E-state index in [1.165, 1.54) is 6.92 Å². The Balaban J connectivity index is 2.39. The van der Waals surface area contributed by atoms with Crippen molar-refractivity contribution in [1.82, 2.24) is 15.0 Å². The summed E-state index contributed by atoms with van der Waals surface area (Å²) in [5, 5.41) is 11.0. The van der Waals surface area contributed by atoms with E-state index in [-0.39, 0.29) is 11.5 Å². The lowest BCUT2D eigenvalue weighted by atomic mass is 9.88. The van der Waals surface area contributed by atoms with Crippen LogP contribution < -0.4 is 15.2 Å². The zero-order chi connectivity index (χ0) is 26.6. The Morgan fingerprint density at radius 1 is 1.29 bits per heavy atom. The molecule has 1 aromatic rings. The Bertz CT molecular complexity index is 1050. The van der Waals surface area contributed by atoms with Gasteiger partial charge in [0.05, 0.1) is 24.6 Å². The predicted octanol–water partition coefficient (Wildman–Crippen LogP) is 5.56. The molecule has 3 rings (SSSR count). The molecule has 1 amide bonds. The number of aliphatic imine (C=N–C) groups is 1. The molecule has 0 aromatic carbocycles. The number of rotatable bonds is 5. The van der Waals surface area contributed by atoms with Gasteiger partial charge in [-0.3, -0.25) is 15.0 Å². The molecular weight excluding hydrogens is 565 g/mol. The van der Waals surface area contributed by atoms with E-state index >= 15 is 4.39 Å². The minimum atomic E-state index is -3.17. The van der Waals surface area contributed by atoms with Crippen molar-refractivity contribution < 1.29 is 27.6 Å². The topological polar surface area (TPSA) is 107 Å². The maximum Gasteiger partial charge on any atom is 0.410 e. The van der Waals surface area contributed by atoms with E-state index < -0.39 is 64.9 Å². The number of carboxylic acid groups (broad SMARTS) is 1. The van der Waals surface area contributed by atoms with E-state index in [1.54, 1.807) is 19.9 Å². The molecule has 0 spiro atoms. The first kappa shape index (κ1) is 28.4. The Labute approximate surface area is 215 Å². The number of nitrogens with one attached hydrogen (secondary N) is 2. The van der Waals surface area contributed by atoms with Crippen molar-refractivity contribution in [1.29, 1.82) is 0 Å². The molecule has 0 bridgehead atoms. The highest BCUT2D eigenvalue weighted by molar-refractivity contribution is 9.10. The van der Waals surface area contributed by atoms with E-state index in [9.17, 15) is 23.2 Å². The molecule has 198 valence electrons. The summed E-state index contributed by atoms with van der Waals surface area (Å²) in [4.78, 5) is 20.6. The number of amides is 1. The Morgan fingerprint density at radius 3 is 2.37 bits per heavy atom. The molecule has 2 aliphatic rings. The molecule has 2 aliphatic heterocycles. The molecule has 4 N–H and O–H groups in total. The molecule has 1 fully saturated rings. The maximum absolute atomic E-state index is 16.5. The van der Waals surface area contributed by atoms with Crippen LogP contribution in [0.5, 0.6) is 0 Å². The van der Waals surface area contributed by atoms with Gasteiger partial charge >= 0.3 is 6.09 Å². The quantitative estimate of drug-likeness (QED) is 0.262. The lowest BCUT2D eigenvalue weighted by molar-refractivity contribution is -0.0148. The van der Waals surface area contributed by atoms with Crippen molar-refractivity contribution in [3.63, 3.8) is 0 Å². The summed E-state index contributed by atoms with van der Waals surface area (Å²) in [6.07, 6.45) is -2.16. The van der Waals surface area contributed by atoms with Gasteiger partial charge in [0.2, 0.25) is 0 Å². The Hall–Kier alpha value is -1.15. The van der Waals surface area contributed by atoms with Crippen LogP contribution in [-0.4, -0.2) is 57.1 Å².